The van der Waals surface area contributed by atoms with E-state index in [4.69, 9.17) is 0 Å². The van der Waals surface area contributed by atoms with E-state index in [9.17, 15) is 22.0 Å². The number of halogens is 2. The summed E-state index contributed by atoms with van der Waals surface area (Å²) in [5, 5.41) is 0. The molecule has 2 rings (SSSR count). The molecule has 126 valence electrons. The summed E-state index contributed by atoms with van der Waals surface area (Å²) >= 11 is 0. The van der Waals surface area contributed by atoms with Gasteiger partial charge in [0.05, 0.1) is 0 Å². The zero-order valence-corrected chi connectivity index (χ0v) is 13.7. The Morgan fingerprint density at radius 3 is 2.26 bits per heavy atom. The number of sulfonamides is 1. The van der Waals surface area contributed by atoms with Gasteiger partial charge < -0.3 is 4.90 Å². The Labute approximate surface area is 134 Å². The first kappa shape index (κ1) is 17.6. The Morgan fingerprint density at radius 2 is 1.74 bits per heavy atom. The molecule has 0 atom stereocenters. The summed E-state index contributed by atoms with van der Waals surface area (Å²) < 4.78 is 52.6. The first-order chi connectivity index (χ1) is 10.7. The molecule has 5 nitrogen and oxygen atoms in total. The molecule has 0 aromatic heterocycles. The lowest BCUT2D eigenvalue weighted by molar-refractivity contribution is -0.127. The number of carbonyl (C=O) groups excluding carboxylic acids is 1. The molecule has 8 heteroatoms. The quantitative estimate of drug-likeness (QED) is 0.785. The maximum atomic E-state index is 13.7. The summed E-state index contributed by atoms with van der Waals surface area (Å²) in [7, 11) is -4.04. The first-order valence-corrected chi connectivity index (χ1v) is 8.55. The van der Waals surface area contributed by atoms with Gasteiger partial charge in [-0.05, 0) is 26.0 Å². The molecule has 1 aromatic rings. The fourth-order valence-electron chi connectivity index (χ4n) is 2.31. The van der Waals surface area contributed by atoms with E-state index in [0.29, 0.717) is 6.07 Å². The molecule has 0 aliphatic carbocycles. The SMILES string of the molecule is CC(C)=CC(=O)N1CCN(S(=O)(=O)c2ccc(F)cc2F)CC1. The third-order valence-electron chi connectivity index (χ3n) is 3.47. The highest BCUT2D eigenvalue weighted by molar-refractivity contribution is 7.89. The predicted octanol–water partition coefficient (Wildman–Crippen LogP) is 1.76. The number of nitrogens with zero attached hydrogens (tertiary/aromatic N) is 2. The number of allylic oxidation sites excluding steroid dienone is 1. The smallest absolute Gasteiger partial charge is 0.246 e. The molecule has 1 aliphatic rings. The van der Waals surface area contributed by atoms with Gasteiger partial charge in [0.15, 0.2) is 0 Å². The number of hydrogen-bond donors (Lipinski definition) is 0. The molecular weight excluding hydrogens is 326 g/mol. The molecule has 0 unspecified atom stereocenters. The largest absolute Gasteiger partial charge is 0.337 e. The van der Waals surface area contributed by atoms with E-state index < -0.39 is 26.6 Å². The van der Waals surface area contributed by atoms with Crippen LogP contribution in [-0.2, 0) is 14.8 Å². The van der Waals surface area contributed by atoms with Gasteiger partial charge in [-0.2, -0.15) is 4.31 Å². The van der Waals surface area contributed by atoms with Crippen LogP contribution in [0.2, 0.25) is 0 Å². The van der Waals surface area contributed by atoms with Crippen LogP contribution in [0.5, 0.6) is 0 Å². The van der Waals surface area contributed by atoms with E-state index in [1.807, 2.05) is 0 Å². The van der Waals surface area contributed by atoms with Crippen LogP contribution >= 0.6 is 0 Å². The number of piperazine rings is 1. The molecule has 1 aromatic carbocycles. The monoisotopic (exact) mass is 344 g/mol. The molecule has 23 heavy (non-hydrogen) atoms. The van der Waals surface area contributed by atoms with Gasteiger partial charge in [-0.15, -0.1) is 0 Å². The van der Waals surface area contributed by atoms with Gasteiger partial charge in [-0.1, -0.05) is 5.57 Å². The van der Waals surface area contributed by atoms with E-state index in [-0.39, 0.29) is 32.1 Å². The van der Waals surface area contributed by atoms with Crippen molar-refractivity contribution in [3.63, 3.8) is 0 Å². The zero-order valence-electron chi connectivity index (χ0n) is 12.9. The molecule has 1 aliphatic heterocycles. The Hall–Kier alpha value is -1.80. The van der Waals surface area contributed by atoms with Gasteiger partial charge in [-0.3, -0.25) is 4.79 Å². The van der Waals surface area contributed by atoms with Gasteiger partial charge in [0, 0.05) is 38.3 Å². The molecule has 1 amide bonds. The van der Waals surface area contributed by atoms with Crippen molar-refractivity contribution in [2.75, 3.05) is 26.2 Å². The van der Waals surface area contributed by atoms with Gasteiger partial charge in [0.2, 0.25) is 15.9 Å². The van der Waals surface area contributed by atoms with Crippen molar-refractivity contribution >= 4 is 15.9 Å². The lowest BCUT2D eigenvalue weighted by atomic mass is 10.3. The number of carbonyl (C=O) groups is 1. The minimum absolute atomic E-state index is 0.0709. The highest BCUT2D eigenvalue weighted by atomic mass is 32.2. The fraction of sp³-hybridized carbons (Fsp3) is 0.400. The zero-order chi connectivity index (χ0) is 17.2. The summed E-state index contributed by atoms with van der Waals surface area (Å²) in [4.78, 5) is 12.9. The lowest BCUT2D eigenvalue weighted by Gasteiger charge is -2.33. The normalized spacial score (nSPS) is 16.3. The van der Waals surface area contributed by atoms with Gasteiger partial charge in [0.25, 0.3) is 0 Å². The van der Waals surface area contributed by atoms with Gasteiger partial charge in [0.1, 0.15) is 16.5 Å². The molecule has 0 radical (unpaired) electrons. The van der Waals surface area contributed by atoms with Crippen molar-refractivity contribution in [3.8, 4) is 0 Å². The summed E-state index contributed by atoms with van der Waals surface area (Å²) in [6, 6.07) is 2.37. The number of hydrogen-bond acceptors (Lipinski definition) is 3. The van der Waals surface area contributed by atoms with E-state index in [2.05, 4.69) is 0 Å². The molecule has 1 fully saturated rings. The topological polar surface area (TPSA) is 57.7 Å². The molecule has 0 spiro atoms. The van der Waals surface area contributed by atoms with Crippen LogP contribution in [0.4, 0.5) is 8.78 Å². The molecular formula is C15H18F2N2O3S. The average Bonchev–Trinajstić information content (AvgIpc) is 2.46. The maximum Gasteiger partial charge on any atom is 0.246 e. The van der Waals surface area contributed by atoms with Crippen molar-refractivity contribution in [2.24, 2.45) is 0 Å². The third-order valence-corrected chi connectivity index (χ3v) is 5.41. The second kappa shape index (κ2) is 6.76. The van der Waals surface area contributed by atoms with Crippen LogP contribution in [0.1, 0.15) is 13.8 Å². The molecule has 1 heterocycles. The summed E-state index contributed by atoms with van der Waals surface area (Å²) in [5.74, 6) is -2.12. The summed E-state index contributed by atoms with van der Waals surface area (Å²) in [6.45, 7) is 4.20. The highest BCUT2D eigenvalue weighted by Crippen LogP contribution is 2.21. The van der Waals surface area contributed by atoms with Crippen molar-refractivity contribution in [2.45, 2.75) is 18.7 Å². The van der Waals surface area contributed by atoms with E-state index in [1.54, 1.807) is 18.7 Å². The van der Waals surface area contributed by atoms with Gasteiger partial charge in [-0.25, -0.2) is 17.2 Å². The third kappa shape index (κ3) is 3.94. The lowest BCUT2D eigenvalue weighted by Crippen LogP contribution is -2.50. The Bertz CT molecular complexity index is 735. The van der Waals surface area contributed by atoms with Crippen LogP contribution in [-0.4, -0.2) is 49.7 Å². The highest BCUT2D eigenvalue weighted by Gasteiger charge is 2.31. The Balaban J connectivity index is 2.13. The van der Waals surface area contributed by atoms with E-state index in [1.165, 1.54) is 6.08 Å². The van der Waals surface area contributed by atoms with Crippen LogP contribution < -0.4 is 0 Å². The summed E-state index contributed by atoms with van der Waals surface area (Å²) in [6.07, 6.45) is 1.49. The van der Waals surface area contributed by atoms with Crippen LogP contribution in [0.25, 0.3) is 0 Å². The van der Waals surface area contributed by atoms with Crippen LogP contribution in [0.3, 0.4) is 0 Å². The Kier molecular flexibility index (Phi) is 5.16. The Morgan fingerprint density at radius 1 is 1.13 bits per heavy atom. The van der Waals surface area contributed by atoms with Crippen LogP contribution in [0.15, 0.2) is 34.7 Å². The standard InChI is InChI=1S/C15H18F2N2O3S/c1-11(2)9-15(20)18-5-7-19(8-6-18)23(21,22)14-4-3-12(16)10-13(14)17/h3-4,9-10H,5-8H2,1-2H3. The van der Waals surface area contributed by atoms with Gasteiger partial charge >= 0.3 is 0 Å². The first-order valence-electron chi connectivity index (χ1n) is 7.11. The number of benzene rings is 1. The number of amides is 1. The second-order valence-electron chi connectivity index (χ2n) is 5.53. The predicted molar refractivity (Wildman–Crippen MR) is 81.1 cm³/mol. The minimum Gasteiger partial charge on any atom is -0.337 e. The number of rotatable bonds is 3. The summed E-state index contributed by atoms with van der Waals surface area (Å²) in [5.41, 5.74) is 0.860. The van der Waals surface area contributed by atoms with Crippen molar-refractivity contribution in [1.29, 1.82) is 0 Å². The average molecular weight is 344 g/mol. The fourth-order valence-corrected chi connectivity index (χ4v) is 3.78. The van der Waals surface area contributed by atoms with Crippen molar-refractivity contribution in [1.82, 2.24) is 9.21 Å². The molecule has 0 bridgehead atoms. The van der Waals surface area contributed by atoms with E-state index in [0.717, 1.165) is 22.0 Å². The molecule has 1 saturated heterocycles. The second-order valence-corrected chi connectivity index (χ2v) is 7.43. The van der Waals surface area contributed by atoms with Crippen LogP contribution in [0, 0.1) is 11.6 Å². The minimum atomic E-state index is -4.04. The van der Waals surface area contributed by atoms with E-state index >= 15 is 0 Å². The molecule has 0 N–H and O–H groups in total. The maximum absolute atomic E-state index is 13.7. The molecule has 0 saturated carbocycles. The van der Waals surface area contributed by atoms with Crippen molar-refractivity contribution in [3.05, 3.63) is 41.5 Å². The van der Waals surface area contributed by atoms with Crippen molar-refractivity contribution < 1.29 is 22.0 Å².